The van der Waals surface area contributed by atoms with Gasteiger partial charge in [0.2, 0.25) is 5.91 Å². The Kier molecular flexibility index (Phi) is 4.87. The second-order valence-corrected chi connectivity index (χ2v) is 7.20. The second-order valence-electron chi connectivity index (χ2n) is 6.42. The molecule has 0 spiro atoms. The Bertz CT molecular complexity index is 1070. The summed E-state index contributed by atoms with van der Waals surface area (Å²) in [4.78, 5) is 34.8. The third-order valence-corrected chi connectivity index (χ3v) is 5.49. The fourth-order valence-electron chi connectivity index (χ4n) is 3.58. The molecule has 0 bridgehead atoms. The fraction of sp³-hybridized carbons (Fsp3) is 0.158. The first-order valence-corrected chi connectivity index (χ1v) is 9.69. The Labute approximate surface area is 170 Å². The molecular formula is C19H18N6O3S. The second kappa shape index (κ2) is 7.49. The van der Waals surface area contributed by atoms with Crippen LogP contribution in [0.1, 0.15) is 39.4 Å². The van der Waals surface area contributed by atoms with Gasteiger partial charge in [-0.2, -0.15) is 11.3 Å². The van der Waals surface area contributed by atoms with E-state index < -0.39 is 24.1 Å². The van der Waals surface area contributed by atoms with Crippen LogP contribution in [0.2, 0.25) is 0 Å². The molecule has 148 valence electrons. The van der Waals surface area contributed by atoms with Gasteiger partial charge >= 0.3 is 5.97 Å². The minimum atomic E-state index is -1.13. The van der Waals surface area contributed by atoms with E-state index in [4.69, 9.17) is 11.5 Å². The summed E-state index contributed by atoms with van der Waals surface area (Å²) in [7, 11) is 0. The largest absolute Gasteiger partial charge is 0.478 e. The number of aromatic carboxylic acids is 1. The number of carboxylic acid groups (broad SMARTS) is 1. The fourth-order valence-corrected chi connectivity index (χ4v) is 4.26. The molecule has 1 aliphatic heterocycles. The number of rotatable bonds is 6. The predicted molar refractivity (Wildman–Crippen MR) is 108 cm³/mol. The number of amides is 1. The van der Waals surface area contributed by atoms with Crippen LogP contribution in [-0.4, -0.2) is 27.0 Å². The van der Waals surface area contributed by atoms with E-state index in [1.807, 2.05) is 16.8 Å². The lowest BCUT2D eigenvalue weighted by molar-refractivity contribution is -0.119. The third kappa shape index (κ3) is 3.18. The number of aromatic nitrogens is 2. The van der Waals surface area contributed by atoms with Crippen LogP contribution in [0.3, 0.4) is 0 Å². The average Bonchev–Trinajstić information content (AvgIpc) is 3.36. The number of fused-ring (bicyclic) bond motifs is 1. The highest BCUT2D eigenvalue weighted by Gasteiger charge is 2.42. The molecule has 0 aliphatic carbocycles. The van der Waals surface area contributed by atoms with Crippen molar-refractivity contribution >= 4 is 34.7 Å². The Morgan fingerprint density at radius 3 is 2.76 bits per heavy atom. The molecule has 2 atom stereocenters. The maximum absolute atomic E-state index is 12.7. The summed E-state index contributed by atoms with van der Waals surface area (Å²) in [6, 6.07) is 5.71. The van der Waals surface area contributed by atoms with Gasteiger partial charge in [0, 0.05) is 30.1 Å². The maximum atomic E-state index is 12.7. The van der Waals surface area contributed by atoms with Crippen LogP contribution >= 0.6 is 11.3 Å². The summed E-state index contributed by atoms with van der Waals surface area (Å²) in [6.45, 7) is 0.107. The number of pyridine rings is 2. The number of primary amides is 1. The third-order valence-electron chi connectivity index (χ3n) is 4.78. The van der Waals surface area contributed by atoms with Gasteiger partial charge in [-0.1, -0.05) is 6.07 Å². The first-order valence-electron chi connectivity index (χ1n) is 8.75. The molecule has 3 aromatic rings. The van der Waals surface area contributed by atoms with Gasteiger partial charge < -0.3 is 26.8 Å². The molecule has 1 aliphatic rings. The molecule has 0 radical (unpaired) electrons. The van der Waals surface area contributed by atoms with Crippen LogP contribution in [0, 0.1) is 0 Å². The maximum Gasteiger partial charge on any atom is 0.338 e. The molecule has 0 fully saturated rings. The van der Waals surface area contributed by atoms with E-state index in [9.17, 15) is 14.7 Å². The smallest absolute Gasteiger partial charge is 0.338 e. The SMILES string of the molecule is NCc1ncccc1C(C(N)=O)N1c2c(C(=O)O)ccnc2NC1c1ccsc1. The van der Waals surface area contributed by atoms with E-state index in [-0.39, 0.29) is 12.1 Å². The van der Waals surface area contributed by atoms with Gasteiger partial charge in [0.15, 0.2) is 5.82 Å². The minimum Gasteiger partial charge on any atom is -0.478 e. The number of nitrogens with two attached hydrogens (primary N) is 2. The molecular weight excluding hydrogens is 392 g/mol. The summed E-state index contributed by atoms with van der Waals surface area (Å²) >= 11 is 1.49. The normalized spacial score (nSPS) is 16.2. The number of carboxylic acids is 1. The van der Waals surface area contributed by atoms with Gasteiger partial charge in [-0.15, -0.1) is 0 Å². The van der Waals surface area contributed by atoms with Crippen LogP contribution in [0.15, 0.2) is 47.4 Å². The van der Waals surface area contributed by atoms with E-state index in [2.05, 4.69) is 15.3 Å². The monoisotopic (exact) mass is 410 g/mol. The minimum absolute atomic E-state index is 0.0182. The van der Waals surface area contributed by atoms with Gasteiger partial charge in [-0.05, 0) is 29.0 Å². The molecule has 9 nitrogen and oxygen atoms in total. The Morgan fingerprint density at radius 2 is 2.10 bits per heavy atom. The topological polar surface area (TPSA) is 147 Å². The summed E-state index contributed by atoms with van der Waals surface area (Å²) in [5, 5.41) is 16.8. The Balaban J connectivity index is 1.96. The molecule has 0 aromatic carbocycles. The van der Waals surface area contributed by atoms with Crippen LogP contribution < -0.4 is 21.7 Å². The van der Waals surface area contributed by atoms with Crippen molar-refractivity contribution in [3.63, 3.8) is 0 Å². The lowest BCUT2D eigenvalue weighted by Gasteiger charge is -2.34. The van der Waals surface area contributed by atoms with Gasteiger partial charge in [0.1, 0.15) is 12.2 Å². The molecule has 4 heterocycles. The van der Waals surface area contributed by atoms with Crippen molar-refractivity contribution in [2.45, 2.75) is 18.8 Å². The van der Waals surface area contributed by atoms with Crippen molar-refractivity contribution in [1.29, 1.82) is 0 Å². The van der Waals surface area contributed by atoms with Crippen molar-refractivity contribution in [2.75, 3.05) is 10.2 Å². The molecule has 10 heteroatoms. The molecule has 3 aromatic heterocycles. The zero-order valence-corrected chi connectivity index (χ0v) is 16.0. The first kappa shape index (κ1) is 18.8. The molecule has 0 saturated heterocycles. The highest BCUT2D eigenvalue weighted by Crippen LogP contribution is 2.47. The van der Waals surface area contributed by atoms with E-state index in [1.54, 1.807) is 23.2 Å². The predicted octanol–water partition coefficient (Wildman–Crippen LogP) is 1.85. The Morgan fingerprint density at radius 1 is 1.28 bits per heavy atom. The number of nitrogens with zero attached hydrogens (tertiary/aromatic N) is 3. The van der Waals surface area contributed by atoms with Crippen molar-refractivity contribution in [3.05, 3.63) is 69.8 Å². The van der Waals surface area contributed by atoms with Crippen LogP contribution in [0.4, 0.5) is 11.5 Å². The molecule has 1 amide bonds. The molecule has 29 heavy (non-hydrogen) atoms. The molecule has 4 rings (SSSR count). The van der Waals surface area contributed by atoms with Gasteiger partial charge in [0.05, 0.1) is 16.9 Å². The lowest BCUT2D eigenvalue weighted by atomic mass is 10.00. The summed E-state index contributed by atoms with van der Waals surface area (Å²) in [5.74, 6) is -1.41. The Hall–Kier alpha value is -3.50. The van der Waals surface area contributed by atoms with E-state index >= 15 is 0 Å². The van der Waals surface area contributed by atoms with Gasteiger partial charge in [-0.25, -0.2) is 9.78 Å². The molecule has 0 saturated carbocycles. The average molecular weight is 410 g/mol. The number of carbonyl (C=O) groups is 2. The zero-order valence-electron chi connectivity index (χ0n) is 15.1. The standard InChI is InChI=1S/C19H18N6O3S/c20-8-13-11(2-1-5-22-13)14(16(21)26)25-15-12(19(27)28)3-6-23-17(15)24-18(25)10-4-7-29-9-10/h1-7,9,14,18H,8,20H2,(H2,21,26)(H,23,24)(H,27,28). The van der Waals surface area contributed by atoms with Crippen LogP contribution in [0.5, 0.6) is 0 Å². The van der Waals surface area contributed by atoms with Gasteiger partial charge in [-0.3, -0.25) is 9.78 Å². The lowest BCUT2D eigenvalue weighted by Crippen LogP contribution is -2.41. The summed E-state index contributed by atoms with van der Waals surface area (Å²) < 4.78 is 0. The first-order chi connectivity index (χ1) is 14.0. The van der Waals surface area contributed by atoms with Crippen molar-refractivity contribution in [2.24, 2.45) is 11.5 Å². The number of hydrogen-bond acceptors (Lipinski definition) is 8. The van der Waals surface area contributed by atoms with E-state index in [0.29, 0.717) is 22.8 Å². The van der Waals surface area contributed by atoms with Crippen molar-refractivity contribution in [1.82, 2.24) is 9.97 Å². The van der Waals surface area contributed by atoms with Gasteiger partial charge in [0.25, 0.3) is 0 Å². The van der Waals surface area contributed by atoms with Crippen LogP contribution in [0.25, 0.3) is 0 Å². The highest BCUT2D eigenvalue weighted by molar-refractivity contribution is 7.08. The highest BCUT2D eigenvalue weighted by atomic mass is 32.1. The van der Waals surface area contributed by atoms with Crippen molar-refractivity contribution < 1.29 is 14.7 Å². The summed E-state index contributed by atoms with van der Waals surface area (Å²) in [5.41, 5.74) is 13.9. The number of carbonyl (C=O) groups excluding carboxylic acids is 1. The molecule has 6 N–H and O–H groups in total. The van der Waals surface area contributed by atoms with E-state index in [0.717, 1.165) is 5.56 Å². The van der Waals surface area contributed by atoms with Crippen LogP contribution in [-0.2, 0) is 11.3 Å². The zero-order chi connectivity index (χ0) is 20.5. The quantitative estimate of drug-likeness (QED) is 0.481. The number of thiophene rings is 1. The number of nitrogens with one attached hydrogen (secondary N) is 1. The summed E-state index contributed by atoms with van der Waals surface area (Å²) in [6.07, 6.45) is 2.46. The van der Waals surface area contributed by atoms with E-state index in [1.165, 1.54) is 23.6 Å². The molecule has 2 unspecified atom stereocenters. The number of hydrogen-bond donors (Lipinski definition) is 4. The van der Waals surface area contributed by atoms with Crippen molar-refractivity contribution in [3.8, 4) is 0 Å². The number of anilines is 2.